The molecule has 1 aliphatic heterocycles. The van der Waals surface area contributed by atoms with Crippen LogP contribution in [0.5, 0.6) is 0 Å². The minimum Gasteiger partial charge on any atom is -0.451 e. The summed E-state index contributed by atoms with van der Waals surface area (Å²) >= 11 is 0. The molecule has 0 aliphatic carbocycles. The van der Waals surface area contributed by atoms with Crippen LogP contribution < -0.4 is 0 Å². The van der Waals surface area contributed by atoms with Gasteiger partial charge in [-0.3, -0.25) is 19.2 Å². The van der Waals surface area contributed by atoms with Crippen molar-refractivity contribution in [2.75, 3.05) is 20.3 Å². The fourth-order valence-electron chi connectivity index (χ4n) is 4.37. The van der Waals surface area contributed by atoms with Crippen LogP contribution in [-0.2, 0) is 33.4 Å². The predicted octanol–water partition coefficient (Wildman–Crippen LogP) is 3.41. The van der Waals surface area contributed by atoms with Crippen LogP contribution in [0.4, 0.5) is 4.79 Å². The number of carbonyl (C=O) groups is 5. The Bertz CT molecular complexity index is 1080. The zero-order valence-corrected chi connectivity index (χ0v) is 23.3. The molecular weight excluding hydrogens is 506 g/mol. The summed E-state index contributed by atoms with van der Waals surface area (Å²) in [4.78, 5) is 65.5. The molecule has 3 atom stereocenters. The highest BCUT2D eigenvalue weighted by Crippen LogP contribution is 2.25. The van der Waals surface area contributed by atoms with Crippen LogP contribution in [-0.4, -0.2) is 78.1 Å². The zero-order valence-electron chi connectivity index (χ0n) is 23.3. The van der Waals surface area contributed by atoms with E-state index in [-0.39, 0.29) is 36.9 Å². The number of nitrogens with zero attached hydrogens (tertiary/aromatic N) is 1. The van der Waals surface area contributed by atoms with Crippen molar-refractivity contribution in [3.8, 4) is 0 Å². The Balaban J connectivity index is 2.44. The maximum absolute atomic E-state index is 13.6. The number of Topliss-reactive ketones (excluding diaryl/α,β-unsaturated/α-hetero) is 1. The largest absolute Gasteiger partial charge is 0.451 e. The number of methoxy groups -OCH3 is 1. The third-order valence-electron chi connectivity index (χ3n) is 6.49. The van der Waals surface area contributed by atoms with Gasteiger partial charge < -0.3 is 19.3 Å². The van der Waals surface area contributed by atoms with Gasteiger partial charge in [0.05, 0.1) is 6.04 Å². The van der Waals surface area contributed by atoms with Crippen LogP contribution >= 0.6 is 0 Å². The number of ether oxygens (including phenoxy) is 3. The van der Waals surface area contributed by atoms with Gasteiger partial charge in [0, 0.05) is 32.6 Å². The standard InChI is InChI=1S/C29H39NO9/c1-18(2)23-17-38-29(36)30(23)28(35)27(37-5)26(39-20(4)32)25(34)16-22(21-12-10-11-19(3)15-21)24(33)13-8-6-7-9-14-31/h10-12,15-16,18,23,26-27,31H,6-9,13-14,17H2,1-5H3. The molecule has 1 fully saturated rings. The molecular formula is C29H39NO9. The first-order valence-electron chi connectivity index (χ1n) is 13.2. The number of hydrogen-bond donors (Lipinski definition) is 1. The van der Waals surface area contributed by atoms with Crippen molar-refractivity contribution >= 4 is 35.1 Å². The van der Waals surface area contributed by atoms with Gasteiger partial charge in [-0.25, -0.2) is 9.69 Å². The molecule has 0 bridgehead atoms. The molecule has 214 valence electrons. The number of carbonyl (C=O) groups excluding carboxylic acids is 5. The monoisotopic (exact) mass is 545 g/mol. The van der Waals surface area contributed by atoms with Gasteiger partial charge in [-0.2, -0.15) is 0 Å². The molecule has 1 saturated heterocycles. The second-order valence-corrected chi connectivity index (χ2v) is 9.92. The number of cyclic esters (lactones) is 1. The Morgan fingerprint density at radius 2 is 1.82 bits per heavy atom. The second kappa shape index (κ2) is 15.3. The Hall–Kier alpha value is -3.37. The van der Waals surface area contributed by atoms with Crippen LogP contribution in [0.2, 0.25) is 0 Å². The number of benzene rings is 1. The number of amides is 2. The van der Waals surface area contributed by atoms with E-state index >= 15 is 0 Å². The lowest BCUT2D eigenvalue weighted by atomic mass is 9.93. The van der Waals surface area contributed by atoms with Crippen molar-refractivity contribution in [1.29, 1.82) is 0 Å². The van der Waals surface area contributed by atoms with Gasteiger partial charge in [0.25, 0.3) is 5.91 Å². The molecule has 1 heterocycles. The maximum Gasteiger partial charge on any atom is 0.417 e. The molecule has 1 aromatic rings. The van der Waals surface area contributed by atoms with E-state index in [9.17, 15) is 24.0 Å². The topological polar surface area (TPSA) is 137 Å². The van der Waals surface area contributed by atoms with Crippen LogP contribution in [0.3, 0.4) is 0 Å². The molecule has 0 saturated carbocycles. The first-order chi connectivity index (χ1) is 18.5. The Morgan fingerprint density at radius 3 is 2.41 bits per heavy atom. The number of aryl methyl sites for hydroxylation is 1. The van der Waals surface area contributed by atoms with Crippen LogP contribution in [0, 0.1) is 12.8 Å². The quantitative estimate of drug-likeness (QED) is 0.200. The summed E-state index contributed by atoms with van der Waals surface area (Å²) in [6.45, 7) is 6.65. The van der Waals surface area contributed by atoms with Gasteiger partial charge in [-0.15, -0.1) is 0 Å². The van der Waals surface area contributed by atoms with E-state index in [1.807, 2.05) is 26.8 Å². The lowest BCUT2D eigenvalue weighted by molar-refractivity contribution is -0.166. The molecule has 1 N–H and O–H groups in total. The average Bonchev–Trinajstić information content (AvgIpc) is 3.28. The normalized spacial score (nSPS) is 17.1. The number of hydrogen-bond acceptors (Lipinski definition) is 9. The molecule has 1 aromatic carbocycles. The number of imide groups is 1. The fraction of sp³-hybridized carbons (Fsp3) is 0.552. The van der Waals surface area contributed by atoms with Gasteiger partial charge in [0.1, 0.15) is 6.61 Å². The van der Waals surface area contributed by atoms with E-state index < -0.39 is 42.0 Å². The lowest BCUT2D eigenvalue weighted by Crippen LogP contribution is -2.53. The zero-order chi connectivity index (χ0) is 29.1. The third-order valence-corrected chi connectivity index (χ3v) is 6.49. The Morgan fingerprint density at radius 1 is 1.13 bits per heavy atom. The van der Waals surface area contributed by atoms with Gasteiger partial charge in [-0.1, -0.05) is 56.5 Å². The third kappa shape index (κ3) is 8.83. The molecule has 3 unspecified atom stereocenters. The van der Waals surface area contributed by atoms with Crippen molar-refractivity contribution in [2.45, 2.75) is 78.0 Å². The predicted molar refractivity (Wildman–Crippen MR) is 143 cm³/mol. The van der Waals surface area contributed by atoms with Gasteiger partial charge >= 0.3 is 12.1 Å². The van der Waals surface area contributed by atoms with Gasteiger partial charge in [0.2, 0.25) is 0 Å². The summed E-state index contributed by atoms with van der Waals surface area (Å²) in [5.74, 6) is -2.97. The molecule has 39 heavy (non-hydrogen) atoms. The van der Waals surface area contributed by atoms with Crippen molar-refractivity contribution in [3.63, 3.8) is 0 Å². The SMILES string of the molecule is COC(C(=O)N1C(=O)OCC1C(C)C)C(OC(C)=O)C(=O)C=C(C(=O)CCCCCCO)c1cccc(C)c1. The Kier molecular flexibility index (Phi) is 12.5. The summed E-state index contributed by atoms with van der Waals surface area (Å²) in [7, 11) is 1.17. The van der Waals surface area contributed by atoms with E-state index in [1.165, 1.54) is 7.11 Å². The molecule has 0 spiro atoms. The number of ketones is 2. The molecule has 2 rings (SSSR count). The minimum absolute atomic E-state index is 0.00489. The molecule has 2 amide bonds. The minimum atomic E-state index is -1.74. The van der Waals surface area contributed by atoms with Gasteiger partial charge in [0.15, 0.2) is 23.8 Å². The van der Waals surface area contributed by atoms with Crippen molar-refractivity contribution in [2.24, 2.45) is 5.92 Å². The maximum atomic E-state index is 13.6. The number of esters is 1. The van der Waals surface area contributed by atoms with Crippen LogP contribution in [0.15, 0.2) is 30.3 Å². The molecule has 0 radical (unpaired) electrons. The first-order valence-corrected chi connectivity index (χ1v) is 13.2. The van der Waals surface area contributed by atoms with E-state index in [1.54, 1.807) is 18.2 Å². The highest BCUT2D eigenvalue weighted by atomic mass is 16.6. The first kappa shape index (κ1) is 31.8. The van der Waals surface area contributed by atoms with Crippen LogP contribution in [0.1, 0.15) is 64.0 Å². The summed E-state index contributed by atoms with van der Waals surface area (Å²) in [5.41, 5.74) is 1.50. The number of allylic oxidation sites excluding steroid dienone is 1. The number of unbranched alkanes of at least 4 members (excludes halogenated alkanes) is 3. The number of rotatable bonds is 15. The second-order valence-electron chi connectivity index (χ2n) is 9.92. The Labute approximate surface area is 229 Å². The smallest absolute Gasteiger partial charge is 0.417 e. The summed E-state index contributed by atoms with van der Waals surface area (Å²) in [6.07, 6.45) is -0.283. The highest BCUT2D eigenvalue weighted by molar-refractivity contribution is 6.25. The molecule has 0 aromatic heterocycles. The van der Waals surface area contributed by atoms with E-state index in [0.29, 0.717) is 18.4 Å². The van der Waals surface area contributed by atoms with E-state index in [4.69, 9.17) is 19.3 Å². The molecule has 10 nitrogen and oxygen atoms in total. The number of aliphatic hydroxyl groups is 1. The fourth-order valence-corrected chi connectivity index (χ4v) is 4.37. The van der Waals surface area contributed by atoms with Crippen LogP contribution in [0.25, 0.3) is 5.57 Å². The highest BCUT2D eigenvalue weighted by Gasteiger charge is 2.46. The number of aliphatic hydroxyl groups excluding tert-OH is 1. The van der Waals surface area contributed by atoms with Crippen molar-refractivity contribution in [1.82, 2.24) is 4.90 Å². The summed E-state index contributed by atoms with van der Waals surface area (Å²) in [5, 5.41) is 8.97. The summed E-state index contributed by atoms with van der Waals surface area (Å²) < 4.78 is 15.6. The van der Waals surface area contributed by atoms with Crippen molar-refractivity contribution < 1.29 is 43.3 Å². The average molecular weight is 546 g/mol. The lowest BCUT2D eigenvalue weighted by Gasteiger charge is -2.29. The molecule has 10 heteroatoms. The summed E-state index contributed by atoms with van der Waals surface area (Å²) in [6, 6.07) is 6.48. The molecule has 1 aliphatic rings. The van der Waals surface area contributed by atoms with Gasteiger partial charge in [-0.05, 0) is 37.3 Å². The van der Waals surface area contributed by atoms with Crippen molar-refractivity contribution in [3.05, 3.63) is 41.5 Å². The van der Waals surface area contributed by atoms with E-state index in [0.717, 1.165) is 36.3 Å². The van der Waals surface area contributed by atoms with E-state index in [2.05, 4.69) is 0 Å².